The molecule has 0 bridgehead atoms. The molecule has 1 saturated heterocycles. The van der Waals surface area contributed by atoms with Gasteiger partial charge in [-0.1, -0.05) is 38.1 Å². The molecule has 4 nitrogen and oxygen atoms in total. The zero-order valence-electron chi connectivity index (χ0n) is 14.0. The molecule has 0 aromatic heterocycles. The quantitative estimate of drug-likeness (QED) is 0.932. The third kappa shape index (κ3) is 3.26. The maximum Gasteiger partial charge on any atom is 0.243 e. The van der Waals surface area contributed by atoms with Crippen LogP contribution < -0.4 is 5.32 Å². The number of nitrogens with one attached hydrogen (secondary N) is 1. The molecule has 1 fully saturated rings. The fourth-order valence-corrected chi connectivity index (χ4v) is 3.81. The minimum absolute atomic E-state index is 0.0122. The van der Waals surface area contributed by atoms with Gasteiger partial charge in [-0.2, -0.15) is 0 Å². The lowest BCUT2D eigenvalue weighted by atomic mass is 9.87. The van der Waals surface area contributed by atoms with Gasteiger partial charge in [0.1, 0.15) is 6.04 Å². The molecule has 2 amide bonds. The lowest BCUT2D eigenvalue weighted by Gasteiger charge is -2.30. The van der Waals surface area contributed by atoms with Gasteiger partial charge in [-0.05, 0) is 43.2 Å². The largest absolute Gasteiger partial charge is 0.347 e. The van der Waals surface area contributed by atoms with Gasteiger partial charge in [0.2, 0.25) is 11.8 Å². The molecule has 124 valence electrons. The number of fused-ring (bicyclic) bond motifs is 1. The average molecular weight is 314 g/mol. The van der Waals surface area contributed by atoms with Gasteiger partial charge in [-0.25, -0.2) is 0 Å². The van der Waals surface area contributed by atoms with Crippen molar-refractivity contribution in [2.45, 2.75) is 58.0 Å². The van der Waals surface area contributed by atoms with Crippen LogP contribution in [0, 0.1) is 5.92 Å². The van der Waals surface area contributed by atoms with Crippen molar-refractivity contribution in [2.24, 2.45) is 5.92 Å². The van der Waals surface area contributed by atoms with Gasteiger partial charge in [0, 0.05) is 12.5 Å². The molecule has 1 heterocycles. The number of rotatable bonds is 3. The maximum atomic E-state index is 12.8. The van der Waals surface area contributed by atoms with Crippen LogP contribution in [0.1, 0.15) is 56.7 Å². The van der Waals surface area contributed by atoms with E-state index in [0.717, 1.165) is 32.1 Å². The van der Waals surface area contributed by atoms with E-state index in [4.69, 9.17) is 0 Å². The molecule has 3 rings (SSSR count). The summed E-state index contributed by atoms with van der Waals surface area (Å²) < 4.78 is 0. The Balaban J connectivity index is 1.71. The fourth-order valence-electron chi connectivity index (χ4n) is 3.81. The van der Waals surface area contributed by atoms with E-state index in [1.165, 1.54) is 11.1 Å². The van der Waals surface area contributed by atoms with Gasteiger partial charge in [-0.15, -0.1) is 0 Å². The summed E-state index contributed by atoms with van der Waals surface area (Å²) >= 11 is 0. The molecule has 1 aliphatic carbocycles. The molecule has 23 heavy (non-hydrogen) atoms. The number of aryl methyl sites for hydroxylation is 1. The van der Waals surface area contributed by atoms with E-state index in [9.17, 15) is 9.59 Å². The summed E-state index contributed by atoms with van der Waals surface area (Å²) in [5.41, 5.74) is 2.58. The van der Waals surface area contributed by atoms with Crippen LogP contribution in [-0.4, -0.2) is 29.3 Å². The number of likely N-dealkylation sites (tertiary alicyclic amines) is 1. The monoisotopic (exact) mass is 314 g/mol. The van der Waals surface area contributed by atoms with Crippen LogP contribution in [0.5, 0.6) is 0 Å². The van der Waals surface area contributed by atoms with Crippen molar-refractivity contribution in [3.8, 4) is 0 Å². The third-order valence-electron chi connectivity index (χ3n) is 5.02. The number of nitrogens with zero attached hydrogens (tertiary/aromatic N) is 1. The highest BCUT2D eigenvalue weighted by molar-refractivity contribution is 5.89. The zero-order chi connectivity index (χ0) is 16.4. The van der Waals surface area contributed by atoms with E-state index < -0.39 is 0 Å². The molecule has 0 spiro atoms. The Hall–Kier alpha value is -1.84. The second-order valence-electron chi connectivity index (χ2n) is 7.00. The summed E-state index contributed by atoms with van der Waals surface area (Å²) in [6.45, 7) is 4.50. The number of amides is 2. The highest BCUT2D eigenvalue weighted by atomic mass is 16.2. The van der Waals surface area contributed by atoms with Crippen LogP contribution in [0.15, 0.2) is 24.3 Å². The van der Waals surface area contributed by atoms with Gasteiger partial charge in [0.15, 0.2) is 0 Å². The van der Waals surface area contributed by atoms with Gasteiger partial charge in [0.25, 0.3) is 0 Å². The van der Waals surface area contributed by atoms with Crippen LogP contribution >= 0.6 is 0 Å². The predicted octanol–water partition coefficient (Wildman–Crippen LogP) is 2.83. The molecule has 1 N–H and O–H groups in total. The topological polar surface area (TPSA) is 49.4 Å². The SMILES string of the molecule is CC(C)C(=O)N1CCC[C@@H]1C(=O)N[C@@H]1CCCc2ccccc21. The van der Waals surface area contributed by atoms with E-state index in [-0.39, 0.29) is 29.8 Å². The Kier molecular flexibility index (Phi) is 4.69. The molecular weight excluding hydrogens is 288 g/mol. The molecule has 0 saturated carbocycles. The van der Waals surface area contributed by atoms with Gasteiger partial charge in [0.05, 0.1) is 6.04 Å². The molecule has 1 aromatic rings. The number of carbonyl (C=O) groups is 2. The van der Waals surface area contributed by atoms with E-state index in [2.05, 4.69) is 23.5 Å². The molecule has 0 unspecified atom stereocenters. The first-order chi connectivity index (χ1) is 11.1. The second-order valence-corrected chi connectivity index (χ2v) is 7.00. The van der Waals surface area contributed by atoms with Gasteiger partial charge >= 0.3 is 0 Å². The first-order valence-corrected chi connectivity index (χ1v) is 8.76. The first kappa shape index (κ1) is 16.0. The molecule has 4 heteroatoms. The zero-order valence-corrected chi connectivity index (χ0v) is 14.0. The van der Waals surface area contributed by atoms with Crippen molar-refractivity contribution in [1.82, 2.24) is 10.2 Å². The highest BCUT2D eigenvalue weighted by Crippen LogP contribution is 2.30. The number of carbonyl (C=O) groups excluding carboxylic acids is 2. The second kappa shape index (κ2) is 6.73. The highest BCUT2D eigenvalue weighted by Gasteiger charge is 2.36. The molecule has 0 radical (unpaired) electrons. The van der Waals surface area contributed by atoms with E-state index in [1.807, 2.05) is 19.9 Å². The average Bonchev–Trinajstić information content (AvgIpc) is 3.04. The Labute approximate surface area is 138 Å². The van der Waals surface area contributed by atoms with Gasteiger partial charge in [-0.3, -0.25) is 9.59 Å². The summed E-state index contributed by atoms with van der Waals surface area (Å²) in [7, 11) is 0. The van der Waals surface area contributed by atoms with Crippen LogP contribution in [-0.2, 0) is 16.0 Å². The Morgan fingerprint density at radius 3 is 2.74 bits per heavy atom. The summed E-state index contributed by atoms with van der Waals surface area (Å²) in [6.07, 6.45) is 4.86. The molecule has 2 aliphatic rings. The minimum Gasteiger partial charge on any atom is -0.347 e. The van der Waals surface area contributed by atoms with Crippen molar-refractivity contribution in [3.05, 3.63) is 35.4 Å². The minimum atomic E-state index is -0.293. The van der Waals surface area contributed by atoms with Crippen molar-refractivity contribution in [3.63, 3.8) is 0 Å². The standard InChI is InChI=1S/C19H26N2O2/c1-13(2)19(23)21-12-6-11-17(21)18(22)20-16-10-5-8-14-7-3-4-9-15(14)16/h3-4,7,9,13,16-17H,5-6,8,10-12H2,1-2H3,(H,20,22)/t16-,17-/m1/s1. The molecule has 2 atom stereocenters. The Bertz CT molecular complexity index is 597. The van der Waals surface area contributed by atoms with Gasteiger partial charge < -0.3 is 10.2 Å². The lowest BCUT2D eigenvalue weighted by Crippen LogP contribution is -2.48. The maximum absolute atomic E-state index is 12.8. The summed E-state index contributed by atoms with van der Waals surface area (Å²) in [4.78, 5) is 26.8. The molecule has 1 aliphatic heterocycles. The van der Waals surface area contributed by atoms with Crippen molar-refractivity contribution in [2.75, 3.05) is 6.54 Å². The van der Waals surface area contributed by atoms with Crippen LogP contribution in [0.4, 0.5) is 0 Å². The summed E-state index contributed by atoms with van der Waals surface area (Å²) in [5, 5.41) is 3.21. The summed E-state index contributed by atoms with van der Waals surface area (Å²) in [5.74, 6) is 0.0451. The van der Waals surface area contributed by atoms with Crippen molar-refractivity contribution >= 4 is 11.8 Å². The number of hydrogen-bond donors (Lipinski definition) is 1. The van der Waals surface area contributed by atoms with E-state index >= 15 is 0 Å². The lowest BCUT2D eigenvalue weighted by molar-refractivity contribution is -0.141. The first-order valence-electron chi connectivity index (χ1n) is 8.76. The number of benzene rings is 1. The van der Waals surface area contributed by atoms with E-state index in [0.29, 0.717) is 6.54 Å². The summed E-state index contributed by atoms with van der Waals surface area (Å²) in [6, 6.07) is 8.16. The van der Waals surface area contributed by atoms with Crippen LogP contribution in [0.3, 0.4) is 0 Å². The normalized spacial score (nSPS) is 23.7. The predicted molar refractivity (Wildman–Crippen MR) is 89.8 cm³/mol. The smallest absolute Gasteiger partial charge is 0.243 e. The molecule has 1 aromatic carbocycles. The number of hydrogen-bond acceptors (Lipinski definition) is 2. The van der Waals surface area contributed by atoms with Crippen molar-refractivity contribution < 1.29 is 9.59 Å². The van der Waals surface area contributed by atoms with Crippen LogP contribution in [0.25, 0.3) is 0 Å². The fraction of sp³-hybridized carbons (Fsp3) is 0.579. The Morgan fingerprint density at radius 1 is 1.17 bits per heavy atom. The van der Waals surface area contributed by atoms with Crippen LogP contribution in [0.2, 0.25) is 0 Å². The Morgan fingerprint density at radius 2 is 1.96 bits per heavy atom. The van der Waals surface area contributed by atoms with E-state index in [1.54, 1.807) is 4.90 Å². The molecular formula is C19H26N2O2. The van der Waals surface area contributed by atoms with Crippen molar-refractivity contribution in [1.29, 1.82) is 0 Å². The third-order valence-corrected chi connectivity index (χ3v) is 5.02.